The first kappa shape index (κ1) is 21.3. The summed E-state index contributed by atoms with van der Waals surface area (Å²) in [6.07, 6.45) is 4.05. The molecule has 1 N–H and O–H groups in total. The lowest BCUT2D eigenvalue weighted by Crippen LogP contribution is -2.40. The van der Waals surface area contributed by atoms with E-state index in [2.05, 4.69) is 61.1 Å². The number of ether oxygens (including phenoxy) is 1. The number of guanidine groups is 1. The summed E-state index contributed by atoms with van der Waals surface area (Å²) in [5.74, 6) is 1.95. The summed E-state index contributed by atoms with van der Waals surface area (Å²) >= 11 is 0. The van der Waals surface area contributed by atoms with Gasteiger partial charge in [0.1, 0.15) is 0 Å². The molecule has 1 amide bonds. The lowest BCUT2D eigenvalue weighted by molar-refractivity contribution is 0.175. The molecular formula is C22H35N3O2. The molecule has 0 spiro atoms. The predicted molar refractivity (Wildman–Crippen MR) is 111 cm³/mol. The van der Waals surface area contributed by atoms with E-state index in [-0.39, 0.29) is 6.04 Å². The lowest BCUT2D eigenvalue weighted by Gasteiger charge is -2.26. The summed E-state index contributed by atoms with van der Waals surface area (Å²) in [7, 11) is 3.35. The van der Waals surface area contributed by atoms with Gasteiger partial charge in [0.25, 0.3) is 0 Å². The number of benzene rings is 1. The molecule has 0 saturated heterocycles. The molecule has 0 bridgehead atoms. The van der Waals surface area contributed by atoms with Crippen LogP contribution in [0.4, 0.5) is 4.79 Å². The third-order valence-corrected chi connectivity index (χ3v) is 5.19. The molecule has 0 radical (unpaired) electrons. The number of hydrogen-bond donors (Lipinski definition) is 1. The number of amides is 1. The van der Waals surface area contributed by atoms with Crippen LogP contribution in [0.1, 0.15) is 63.3 Å². The molecule has 1 aromatic rings. The molecule has 150 valence electrons. The Labute approximate surface area is 164 Å². The van der Waals surface area contributed by atoms with Crippen LogP contribution in [0.3, 0.4) is 0 Å². The molecule has 1 aromatic carbocycles. The van der Waals surface area contributed by atoms with E-state index in [0.717, 1.165) is 12.8 Å². The Morgan fingerprint density at radius 2 is 1.89 bits per heavy atom. The average Bonchev–Trinajstić information content (AvgIpc) is 2.98. The van der Waals surface area contributed by atoms with Gasteiger partial charge in [-0.1, -0.05) is 45.9 Å². The molecule has 5 heteroatoms. The second-order valence-corrected chi connectivity index (χ2v) is 8.31. The van der Waals surface area contributed by atoms with Crippen LogP contribution in [-0.2, 0) is 17.6 Å². The van der Waals surface area contributed by atoms with Crippen molar-refractivity contribution in [3.05, 3.63) is 34.9 Å². The van der Waals surface area contributed by atoms with Crippen molar-refractivity contribution in [3.63, 3.8) is 0 Å². The molecule has 2 rings (SSSR count). The highest BCUT2D eigenvalue weighted by Gasteiger charge is 2.29. The number of likely N-dealkylation sites (N-methyl/N-ethyl adjacent to an activating group) is 1. The van der Waals surface area contributed by atoms with Crippen LogP contribution < -0.4 is 5.32 Å². The maximum atomic E-state index is 11.6. The minimum Gasteiger partial charge on any atom is -0.453 e. The zero-order valence-electron chi connectivity index (χ0n) is 17.7. The zero-order chi connectivity index (χ0) is 20.0. The Morgan fingerprint density at radius 3 is 2.52 bits per heavy atom. The fourth-order valence-electron chi connectivity index (χ4n) is 3.37. The fourth-order valence-corrected chi connectivity index (χ4v) is 3.37. The van der Waals surface area contributed by atoms with Crippen molar-refractivity contribution in [1.82, 2.24) is 10.2 Å². The van der Waals surface area contributed by atoms with Gasteiger partial charge in [0.2, 0.25) is 5.96 Å². The molecule has 0 saturated carbocycles. The van der Waals surface area contributed by atoms with Gasteiger partial charge < -0.3 is 9.64 Å². The molecule has 1 unspecified atom stereocenters. The largest absolute Gasteiger partial charge is 0.453 e. The summed E-state index contributed by atoms with van der Waals surface area (Å²) in [5, 5.41) is 2.72. The summed E-state index contributed by atoms with van der Waals surface area (Å²) in [4.78, 5) is 18.1. The van der Waals surface area contributed by atoms with E-state index in [1.807, 2.05) is 7.05 Å². The quantitative estimate of drug-likeness (QED) is 0.762. The van der Waals surface area contributed by atoms with Crippen LogP contribution in [0.25, 0.3) is 0 Å². The van der Waals surface area contributed by atoms with Crippen LogP contribution in [-0.4, -0.2) is 37.7 Å². The van der Waals surface area contributed by atoms with Crippen LogP contribution >= 0.6 is 0 Å². The summed E-state index contributed by atoms with van der Waals surface area (Å²) in [6.45, 7) is 9.71. The molecule has 0 aromatic heterocycles. The number of alkyl carbamates (subject to hydrolysis) is 1. The number of hydrogen-bond acceptors (Lipinski definition) is 4. The number of nitrogens with one attached hydrogen (secondary N) is 1. The Kier molecular flexibility index (Phi) is 7.69. The van der Waals surface area contributed by atoms with Crippen molar-refractivity contribution in [1.29, 1.82) is 0 Å². The maximum Gasteiger partial charge on any atom is 0.413 e. The Balaban J connectivity index is 2.23. The van der Waals surface area contributed by atoms with Crippen LogP contribution in [0, 0.1) is 11.8 Å². The Bertz CT molecular complexity index is 668. The molecule has 27 heavy (non-hydrogen) atoms. The van der Waals surface area contributed by atoms with Crippen LogP contribution in [0.5, 0.6) is 0 Å². The Morgan fingerprint density at radius 1 is 1.22 bits per heavy atom. The van der Waals surface area contributed by atoms with Gasteiger partial charge in [-0.3, -0.25) is 10.3 Å². The second kappa shape index (κ2) is 9.77. The molecule has 0 fully saturated rings. The van der Waals surface area contributed by atoms with Crippen molar-refractivity contribution < 1.29 is 9.53 Å². The van der Waals surface area contributed by atoms with Gasteiger partial charge in [-0.15, -0.1) is 0 Å². The van der Waals surface area contributed by atoms with Gasteiger partial charge in [-0.05, 0) is 54.2 Å². The van der Waals surface area contributed by atoms with Gasteiger partial charge in [0, 0.05) is 7.05 Å². The number of carbonyl (C=O) groups is 1. The monoisotopic (exact) mass is 373 g/mol. The third kappa shape index (κ3) is 5.98. The SMILES string of the molecule is COC(=O)NC1=NCC(c2cc(CCC(C)C)ccc2CCC(C)C)N1C. The number of methoxy groups -OCH3 is 1. The van der Waals surface area contributed by atoms with E-state index in [1.165, 1.54) is 36.6 Å². The van der Waals surface area contributed by atoms with Gasteiger partial charge >= 0.3 is 6.09 Å². The van der Waals surface area contributed by atoms with Crippen molar-refractivity contribution in [2.45, 2.75) is 59.4 Å². The van der Waals surface area contributed by atoms with E-state index >= 15 is 0 Å². The molecule has 1 aliphatic heterocycles. The molecule has 1 heterocycles. The first-order valence-corrected chi connectivity index (χ1v) is 10.1. The molecular weight excluding hydrogens is 338 g/mol. The number of rotatable bonds is 7. The van der Waals surface area contributed by atoms with E-state index in [9.17, 15) is 4.79 Å². The van der Waals surface area contributed by atoms with Crippen molar-refractivity contribution >= 4 is 12.1 Å². The smallest absolute Gasteiger partial charge is 0.413 e. The van der Waals surface area contributed by atoms with Gasteiger partial charge in [-0.25, -0.2) is 4.79 Å². The summed E-state index contributed by atoms with van der Waals surface area (Å²) in [6, 6.07) is 7.09. The summed E-state index contributed by atoms with van der Waals surface area (Å²) < 4.78 is 4.71. The van der Waals surface area contributed by atoms with E-state index in [1.54, 1.807) is 0 Å². The lowest BCUT2D eigenvalue weighted by atomic mass is 9.91. The van der Waals surface area contributed by atoms with Crippen molar-refractivity contribution in [3.8, 4) is 0 Å². The predicted octanol–water partition coefficient (Wildman–Crippen LogP) is 4.56. The highest BCUT2D eigenvalue weighted by molar-refractivity contribution is 5.94. The van der Waals surface area contributed by atoms with Crippen molar-refractivity contribution in [2.75, 3.05) is 20.7 Å². The van der Waals surface area contributed by atoms with E-state index < -0.39 is 6.09 Å². The van der Waals surface area contributed by atoms with E-state index in [0.29, 0.717) is 24.3 Å². The number of aliphatic imine (C=N–C) groups is 1. The molecule has 5 nitrogen and oxygen atoms in total. The number of aryl methyl sites for hydroxylation is 2. The van der Waals surface area contributed by atoms with Crippen LogP contribution in [0.15, 0.2) is 23.2 Å². The van der Waals surface area contributed by atoms with Crippen molar-refractivity contribution in [2.24, 2.45) is 16.8 Å². The fraction of sp³-hybridized carbons (Fsp3) is 0.636. The molecule has 1 aliphatic rings. The first-order chi connectivity index (χ1) is 12.8. The average molecular weight is 374 g/mol. The van der Waals surface area contributed by atoms with Gasteiger partial charge in [0.05, 0.1) is 19.7 Å². The van der Waals surface area contributed by atoms with Crippen LogP contribution in [0.2, 0.25) is 0 Å². The summed E-state index contributed by atoms with van der Waals surface area (Å²) in [5.41, 5.74) is 4.11. The topological polar surface area (TPSA) is 53.9 Å². The maximum absolute atomic E-state index is 11.6. The molecule has 0 aliphatic carbocycles. The van der Waals surface area contributed by atoms with Gasteiger partial charge in [-0.2, -0.15) is 0 Å². The minimum absolute atomic E-state index is 0.151. The zero-order valence-corrected chi connectivity index (χ0v) is 17.7. The first-order valence-electron chi connectivity index (χ1n) is 10.1. The number of nitrogens with zero attached hydrogens (tertiary/aromatic N) is 2. The third-order valence-electron chi connectivity index (χ3n) is 5.19. The van der Waals surface area contributed by atoms with E-state index in [4.69, 9.17) is 4.74 Å². The van der Waals surface area contributed by atoms with Gasteiger partial charge in [0.15, 0.2) is 0 Å². The molecule has 1 atom stereocenters. The standard InChI is InChI=1S/C22H35N3O2/c1-15(2)7-9-17-10-12-18(11-8-16(3)4)19(13-17)20-14-23-21(25(20)5)24-22(26)27-6/h10,12-13,15-16,20H,7-9,11,14H2,1-6H3,(H,23,24,26). The number of carbonyl (C=O) groups excluding carboxylic acids is 1. The highest BCUT2D eigenvalue weighted by Crippen LogP contribution is 2.30. The highest BCUT2D eigenvalue weighted by atomic mass is 16.5. The normalized spacial score (nSPS) is 16.8. The Hall–Kier alpha value is -2.04. The minimum atomic E-state index is -0.480. The second-order valence-electron chi connectivity index (χ2n) is 8.31.